The second kappa shape index (κ2) is 3.79. The topological polar surface area (TPSA) is 0 Å². The minimum absolute atomic E-state index is 0.626. The summed E-state index contributed by atoms with van der Waals surface area (Å²) in [6.07, 6.45) is 0. The third-order valence-corrected chi connectivity index (χ3v) is 2.84. The Labute approximate surface area is 84.6 Å². The van der Waals surface area contributed by atoms with Crippen molar-refractivity contribution in [3.8, 4) is 0 Å². The van der Waals surface area contributed by atoms with Crippen LogP contribution in [-0.4, -0.2) is 0 Å². The molecule has 0 unspecified atom stereocenters. The number of rotatable bonds is 1. The lowest BCUT2D eigenvalue weighted by Crippen LogP contribution is -1.83. The molecular formula is C8H7BrCl2. The van der Waals surface area contributed by atoms with Gasteiger partial charge in [0, 0.05) is 5.33 Å². The van der Waals surface area contributed by atoms with Crippen molar-refractivity contribution in [2.24, 2.45) is 0 Å². The van der Waals surface area contributed by atoms with E-state index >= 15 is 0 Å². The van der Waals surface area contributed by atoms with Crippen LogP contribution in [0.4, 0.5) is 0 Å². The third-order valence-electron chi connectivity index (χ3n) is 1.39. The van der Waals surface area contributed by atoms with Crippen LogP contribution in [0.2, 0.25) is 10.0 Å². The summed E-state index contributed by atoms with van der Waals surface area (Å²) >= 11 is 15.1. The molecule has 0 bridgehead atoms. The van der Waals surface area contributed by atoms with Gasteiger partial charge >= 0.3 is 0 Å². The molecule has 0 nitrogen and oxygen atoms in total. The molecule has 0 amide bonds. The highest BCUT2D eigenvalue weighted by atomic mass is 79.9. The Morgan fingerprint density at radius 3 is 2.55 bits per heavy atom. The second-order valence-electron chi connectivity index (χ2n) is 2.35. The molecule has 1 aromatic carbocycles. The number of benzene rings is 1. The highest BCUT2D eigenvalue weighted by Gasteiger charge is 2.03. The first-order valence-corrected chi connectivity index (χ1v) is 5.03. The molecule has 1 aromatic rings. The van der Waals surface area contributed by atoms with Crippen molar-refractivity contribution < 1.29 is 0 Å². The summed E-state index contributed by atoms with van der Waals surface area (Å²) < 4.78 is 0. The third kappa shape index (κ3) is 2.11. The van der Waals surface area contributed by atoms with Crippen molar-refractivity contribution in [1.29, 1.82) is 0 Å². The van der Waals surface area contributed by atoms with Gasteiger partial charge in [-0.2, -0.15) is 0 Å². The maximum Gasteiger partial charge on any atom is 0.0632 e. The molecule has 0 saturated carbocycles. The molecule has 0 radical (unpaired) electrons. The molecule has 0 aromatic heterocycles. The van der Waals surface area contributed by atoms with E-state index in [2.05, 4.69) is 15.9 Å². The number of hydrogen-bond donors (Lipinski definition) is 0. The van der Waals surface area contributed by atoms with Crippen LogP contribution in [0.1, 0.15) is 11.1 Å². The van der Waals surface area contributed by atoms with E-state index in [0.717, 1.165) is 16.5 Å². The molecule has 0 spiro atoms. The maximum atomic E-state index is 5.90. The van der Waals surface area contributed by atoms with Crippen molar-refractivity contribution in [2.45, 2.75) is 12.3 Å². The van der Waals surface area contributed by atoms with Crippen molar-refractivity contribution >= 4 is 39.1 Å². The first-order valence-electron chi connectivity index (χ1n) is 3.15. The van der Waals surface area contributed by atoms with Gasteiger partial charge in [-0.15, -0.1) is 0 Å². The Balaban J connectivity index is 3.24. The van der Waals surface area contributed by atoms with Gasteiger partial charge in [-0.3, -0.25) is 0 Å². The molecule has 0 saturated heterocycles. The predicted molar refractivity (Wildman–Crippen MR) is 53.8 cm³/mol. The summed E-state index contributed by atoms with van der Waals surface area (Å²) in [5.41, 5.74) is 2.17. The number of halogens is 3. The molecule has 0 heterocycles. The molecule has 0 N–H and O–H groups in total. The highest BCUT2D eigenvalue weighted by Crippen LogP contribution is 2.28. The Kier molecular flexibility index (Phi) is 3.23. The molecular weight excluding hydrogens is 247 g/mol. The molecule has 0 aliphatic rings. The standard InChI is InChI=1S/C8H7BrCl2/c1-5-2-6(4-9)8(11)7(10)3-5/h2-3H,4H2,1H3. The van der Waals surface area contributed by atoms with Crippen LogP contribution in [0.25, 0.3) is 0 Å². The summed E-state index contributed by atoms with van der Waals surface area (Å²) in [4.78, 5) is 0. The predicted octanol–water partition coefficient (Wildman–Crippen LogP) is 4.20. The van der Waals surface area contributed by atoms with Crippen molar-refractivity contribution in [1.82, 2.24) is 0 Å². The normalized spacial score (nSPS) is 10.2. The van der Waals surface area contributed by atoms with E-state index in [-0.39, 0.29) is 0 Å². The minimum atomic E-state index is 0.626. The number of alkyl halides is 1. The lowest BCUT2D eigenvalue weighted by atomic mass is 10.2. The van der Waals surface area contributed by atoms with Gasteiger partial charge in [0.15, 0.2) is 0 Å². The van der Waals surface area contributed by atoms with E-state index < -0.39 is 0 Å². The first kappa shape index (κ1) is 9.37. The molecule has 0 aliphatic heterocycles. The van der Waals surface area contributed by atoms with E-state index in [9.17, 15) is 0 Å². The largest absolute Gasteiger partial charge is 0.0876 e. The lowest BCUT2D eigenvalue weighted by Gasteiger charge is -2.03. The molecule has 0 aliphatic carbocycles. The Bertz CT molecular complexity index is 271. The monoisotopic (exact) mass is 252 g/mol. The zero-order valence-corrected chi connectivity index (χ0v) is 9.09. The molecule has 0 atom stereocenters. The van der Waals surface area contributed by atoms with E-state index in [0.29, 0.717) is 10.0 Å². The average molecular weight is 254 g/mol. The summed E-state index contributed by atoms with van der Waals surface area (Å²) in [5.74, 6) is 0. The summed E-state index contributed by atoms with van der Waals surface area (Å²) in [5, 5.41) is 2.02. The average Bonchev–Trinajstić information content (AvgIpc) is 1.96. The van der Waals surface area contributed by atoms with Crippen molar-refractivity contribution in [2.75, 3.05) is 0 Å². The van der Waals surface area contributed by atoms with Crippen molar-refractivity contribution in [3.05, 3.63) is 33.3 Å². The molecule has 0 fully saturated rings. The first-order chi connectivity index (χ1) is 5.15. The van der Waals surface area contributed by atoms with E-state index in [1.807, 2.05) is 19.1 Å². The van der Waals surface area contributed by atoms with Gasteiger partial charge in [-0.05, 0) is 24.1 Å². The summed E-state index contributed by atoms with van der Waals surface area (Å²) in [7, 11) is 0. The van der Waals surface area contributed by atoms with Crippen LogP contribution in [0, 0.1) is 6.92 Å². The summed E-state index contributed by atoms with van der Waals surface area (Å²) in [6, 6.07) is 3.87. The lowest BCUT2D eigenvalue weighted by molar-refractivity contribution is 1.37. The smallest absolute Gasteiger partial charge is 0.0632 e. The van der Waals surface area contributed by atoms with Crippen LogP contribution >= 0.6 is 39.1 Å². The molecule has 60 valence electrons. The zero-order valence-electron chi connectivity index (χ0n) is 6.00. The molecule has 1 rings (SSSR count). The maximum absolute atomic E-state index is 5.90. The van der Waals surface area contributed by atoms with E-state index in [1.54, 1.807) is 0 Å². The van der Waals surface area contributed by atoms with Gasteiger partial charge in [0.2, 0.25) is 0 Å². The Morgan fingerprint density at radius 2 is 2.00 bits per heavy atom. The SMILES string of the molecule is Cc1cc(Cl)c(Cl)c(CBr)c1. The fourth-order valence-electron chi connectivity index (χ4n) is 0.894. The fraction of sp³-hybridized carbons (Fsp3) is 0.250. The number of hydrogen-bond acceptors (Lipinski definition) is 0. The fourth-order valence-corrected chi connectivity index (χ4v) is 1.97. The van der Waals surface area contributed by atoms with Gasteiger partial charge < -0.3 is 0 Å². The van der Waals surface area contributed by atoms with Crippen molar-refractivity contribution in [3.63, 3.8) is 0 Å². The van der Waals surface area contributed by atoms with Crippen LogP contribution in [0.3, 0.4) is 0 Å². The van der Waals surface area contributed by atoms with Crippen LogP contribution in [0.5, 0.6) is 0 Å². The quantitative estimate of drug-likeness (QED) is 0.659. The van der Waals surface area contributed by atoms with Gasteiger partial charge in [0.1, 0.15) is 0 Å². The van der Waals surface area contributed by atoms with E-state index in [4.69, 9.17) is 23.2 Å². The van der Waals surface area contributed by atoms with Crippen LogP contribution in [0.15, 0.2) is 12.1 Å². The zero-order chi connectivity index (χ0) is 8.43. The van der Waals surface area contributed by atoms with Crippen LogP contribution in [-0.2, 0) is 5.33 Å². The van der Waals surface area contributed by atoms with Crippen LogP contribution < -0.4 is 0 Å². The van der Waals surface area contributed by atoms with Gasteiger partial charge in [0.25, 0.3) is 0 Å². The minimum Gasteiger partial charge on any atom is -0.0876 e. The molecule has 11 heavy (non-hydrogen) atoms. The Morgan fingerprint density at radius 1 is 1.36 bits per heavy atom. The van der Waals surface area contributed by atoms with Gasteiger partial charge in [0.05, 0.1) is 10.0 Å². The summed E-state index contributed by atoms with van der Waals surface area (Å²) in [6.45, 7) is 1.99. The van der Waals surface area contributed by atoms with Gasteiger partial charge in [-0.25, -0.2) is 0 Å². The van der Waals surface area contributed by atoms with Gasteiger partial charge in [-0.1, -0.05) is 45.2 Å². The highest BCUT2D eigenvalue weighted by molar-refractivity contribution is 9.08. The second-order valence-corrected chi connectivity index (χ2v) is 3.70. The number of aryl methyl sites for hydroxylation is 1. The molecule has 3 heteroatoms. The van der Waals surface area contributed by atoms with E-state index in [1.165, 1.54) is 0 Å². The Hall–Kier alpha value is 0.280.